The summed E-state index contributed by atoms with van der Waals surface area (Å²) in [5.41, 5.74) is 0.903. The van der Waals surface area contributed by atoms with Gasteiger partial charge in [0.15, 0.2) is 0 Å². The number of aromatic amines is 1. The van der Waals surface area contributed by atoms with E-state index in [9.17, 15) is 4.79 Å². The lowest BCUT2D eigenvalue weighted by Gasteiger charge is -1.94. The van der Waals surface area contributed by atoms with E-state index in [-0.39, 0.29) is 5.56 Å². The van der Waals surface area contributed by atoms with Crippen LogP contribution in [0, 0.1) is 0 Å². The number of halogens is 2. The Kier molecular flexibility index (Phi) is 2.86. The maximum absolute atomic E-state index is 10.9. The van der Waals surface area contributed by atoms with Crippen molar-refractivity contribution in [1.82, 2.24) is 4.98 Å². The Morgan fingerprint density at radius 3 is 2.80 bits per heavy atom. The van der Waals surface area contributed by atoms with Crippen molar-refractivity contribution in [2.24, 2.45) is 0 Å². The molecule has 0 saturated heterocycles. The molecule has 0 unspecified atom stereocenters. The summed E-state index contributed by atoms with van der Waals surface area (Å²) in [4.78, 5) is 14.5. The highest BCUT2D eigenvalue weighted by Gasteiger charge is 2.15. The van der Waals surface area contributed by atoms with Gasteiger partial charge in [0.25, 0.3) is 0 Å². The van der Waals surface area contributed by atoms with Crippen LogP contribution in [0.5, 0.6) is 0 Å². The molecule has 0 fully saturated rings. The van der Waals surface area contributed by atoms with E-state index >= 15 is 0 Å². The highest BCUT2D eigenvalue weighted by Crippen LogP contribution is 2.39. The number of aromatic carboxylic acids is 1. The predicted octanol–water partition coefficient (Wildman–Crippen LogP) is 3.86. The first-order valence-corrected chi connectivity index (χ1v) is 5.93. The van der Waals surface area contributed by atoms with Crippen molar-refractivity contribution in [3.8, 4) is 10.4 Å². The number of thiophene rings is 1. The van der Waals surface area contributed by atoms with Crippen LogP contribution in [0.25, 0.3) is 10.4 Å². The van der Waals surface area contributed by atoms with Crippen LogP contribution in [0.1, 0.15) is 10.4 Å². The van der Waals surface area contributed by atoms with Crippen LogP contribution in [-0.2, 0) is 0 Å². The molecular weight excluding hydrogens is 302 g/mol. The second kappa shape index (κ2) is 4.00. The number of hydrogen-bond acceptors (Lipinski definition) is 2. The first kappa shape index (κ1) is 10.7. The molecule has 3 nitrogen and oxygen atoms in total. The topological polar surface area (TPSA) is 53.1 Å². The van der Waals surface area contributed by atoms with E-state index in [2.05, 4.69) is 20.9 Å². The molecule has 15 heavy (non-hydrogen) atoms. The molecule has 2 heterocycles. The summed E-state index contributed by atoms with van der Waals surface area (Å²) in [6.45, 7) is 0. The minimum atomic E-state index is -0.952. The van der Waals surface area contributed by atoms with Crippen LogP contribution < -0.4 is 0 Å². The molecule has 2 aromatic heterocycles. The third-order valence-electron chi connectivity index (χ3n) is 1.89. The van der Waals surface area contributed by atoms with Crippen LogP contribution >= 0.6 is 38.9 Å². The van der Waals surface area contributed by atoms with Crippen molar-refractivity contribution in [3.63, 3.8) is 0 Å². The number of carbonyl (C=O) groups is 1. The molecule has 0 bridgehead atoms. The Labute approximate surface area is 103 Å². The van der Waals surface area contributed by atoms with Gasteiger partial charge in [0, 0.05) is 27.3 Å². The zero-order valence-electron chi connectivity index (χ0n) is 7.25. The largest absolute Gasteiger partial charge is 0.478 e. The number of H-pyrrole nitrogens is 1. The first-order valence-electron chi connectivity index (χ1n) is 3.95. The second-order valence-corrected chi connectivity index (χ2v) is 5.33. The molecular formula is C9H5BrClNO2S. The number of rotatable bonds is 2. The van der Waals surface area contributed by atoms with Gasteiger partial charge in [0.05, 0.1) is 5.56 Å². The lowest BCUT2D eigenvalue weighted by Crippen LogP contribution is -1.94. The molecule has 0 radical (unpaired) electrons. The third-order valence-corrected chi connectivity index (χ3v) is 4.39. The average Bonchev–Trinajstić information content (AvgIpc) is 2.73. The van der Waals surface area contributed by atoms with Gasteiger partial charge in [-0.3, -0.25) is 0 Å². The maximum atomic E-state index is 10.9. The highest BCUT2D eigenvalue weighted by molar-refractivity contribution is 9.10. The normalized spacial score (nSPS) is 10.5. The lowest BCUT2D eigenvalue weighted by atomic mass is 10.2. The molecule has 0 aliphatic heterocycles. The minimum Gasteiger partial charge on any atom is -0.478 e. The summed E-state index contributed by atoms with van der Waals surface area (Å²) in [6, 6.07) is 1.81. The molecule has 2 rings (SSSR count). The Morgan fingerprint density at radius 1 is 1.53 bits per heavy atom. The Morgan fingerprint density at radius 2 is 2.27 bits per heavy atom. The number of aromatic nitrogens is 1. The summed E-state index contributed by atoms with van der Waals surface area (Å²) in [7, 11) is 0. The summed E-state index contributed by atoms with van der Waals surface area (Å²) >= 11 is 10.5. The maximum Gasteiger partial charge on any atom is 0.337 e. The predicted molar refractivity (Wildman–Crippen MR) is 63.8 cm³/mol. The highest BCUT2D eigenvalue weighted by atomic mass is 79.9. The summed E-state index contributed by atoms with van der Waals surface area (Å²) in [6.07, 6.45) is 3.11. The van der Waals surface area contributed by atoms with Crippen LogP contribution in [0.4, 0.5) is 0 Å². The van der Waals surface area contributed by atoms with Gasteiger partial charge in [0.2, 0.25) is 0 Å². The summed E-state index contributed by atoms with van der Waals surface area (Å²) in [5, 5.41) is 8.93. The van der Waals surface area contributed by atoms with Crippen LogP contribution in [-0.4, -0.2) is 16.1 Å². The van der Waals surface area contributed by atoms with Gasteiger partial charge in [-0.15, -0.1) is 11.3 Å². The standard InChI is InChI=1S/C9H5BrClNO2S/c10-6-1-7(15-8(6)11)4-2-12-3-5(4)9(13)14/h1-3,12H,(H,13,14). The first-order chi connectivity index (χ1) is 7.09. The summed E-state index contributed by atoms with van der Waals surface area (Å²) in [5.74, 6) is -0.952. The van der Waals surface area contributed by atoms with Crippen molar-refractivity contribution in [3.05, 3.63) is 32.8 Å². The summed E-state index contributed by atoms with van der Waals surface area (Å²) < 4.78 is 1.39. The zero-order chi connectivity index (χ0) is 11.0. The lowest BCUT2D eigenvalue weighted by molar-refractivity contribution is 0.0698. The molecule has 0 atom stereocenters. The molecule has 0 aliphatic carbocycles. The monoisotopic (exact) mass is 305 g/mol. The smallest absolute Gasteiger partial charge is 0.337 e. The Hall–Kier alpha value is -0.780. The molecule has 0 saturated carbocycles. The fraction of sp³-hybridized carbons (Fsp3) is 0. The second-order valence-electron chi connectivity index (χ2n) is 2.82. The van der Waals surface area contributed by atoms with E-state index in [1.165, 1.54) is 17.5 Å². The molecule has 0 amide bonds. The molecule has 78 valence electrons. The number of carboxylic acid groups (broad SMARTS) is 1. The van der Waals surface area contributed by atoms with Crippen molar-refractivity contribution in [2.75, 3.05) is 0 Å². The van der Waals surface area contributed by atoms with E-state index in [1.807, 2.05) is 6.07 Å². The van der Waals surface area contributed by atoms with E-state index in [1.54, 1.807) is 6.20 Å². The number of hydrogen-bond donors (Lipinski definition) is 2. The molecule has 6 heteroatoms. The van der Waals surface area contributed by atoms with Gasteiger partial charge in [-0.2, -0.15) is 0 Å². The zero-order valence-corrected chi connectivity index (χ0v) is 10.4. The van der Waals surface area contributed by atoms with Crippen LogP contribution in [0.3, 0.4) is 0 Å². The molecule has 0 spiro atoms. The van der Waals surface area contributed by atoms with E-state index in [4.69, 9.17) is 16.7 Å². The van der Waals surface area contributed by atoms with Crippen molar-refractivity contribution < 1.29 is 9.90 Å². The molecule has 0 aliphatic rings. The molecule has 2 N–H and O–H groups in total. The fourth-order valence-corrected chi connectivity index (χ4v) is 2.96. The third kappa shape index (κ3) is 1.95. The van der Waals surface area contributed by atoms with Gasteiger partial charge >= 0.3 is 5.97 Å². The molecule has 2 aromatic rings. The number of nitrogens with one attached hydrogen (secondary N) is 1. The van der Waals surface area contributed by atoms with Gasteiger partial charge in [0.1, 0.15) is 4.34 Å². The van der Waals surface area contributed by atoms with Crippen LogP contribution in [0.2, 0.25) is 4.34 Å². The van der Waals surface area contributed by atoms with E-state index in [0.29, 0.717) is 9.90 Å². The molecule has 0 aromatic carbocycles. The van der Waals surface area contributed by atoms with Crippen molar-refractivity contribution in [1.29, 1.82) is 0 Å². The van der Waals surface area contributed by atoms with Gasteiger partial charge in [-0.1, -0.05) is 11.6 Å². The number of carboxylic acids is 1. The Bertz CT molecular complexity index is 500. The fourth-order valence-electron chi connectivity index (χ4n) is 1.22. The SMILES string of the molecule is O=C(O)c1c[nH]cc1-c1cc(Br)c(Cl)s1. The van der Waals surface area contributed by atoms with Crippen molar-refractivity contribution in [2.45, 2.75) is 0 Å². The van der Waals surface area contributed by atoms with Crippen LogP contribution in [0.15, 0.2) is 22.9 Å². The van der Waals surface area contributed by atoms with E-state index < -0.39 is 5.97 Å². The van der Waals surface area contributed by atoms with Gasteiger partial charge < -0.3 is 10.1 Å². The quantitative estimate of drug-likeness (QED) is 0.885. The average molecular weight is 307 g/mol. The van der Waals surface area contributed by atoms with Gasteiger partial charge in [-0.25, -0.2) is 4.79 Å². The minimum absolute atomic E-state index is 0.250. The Balaban J connectivity index is 2.54. The van der Waals surface area contributed by atoms with Crippen molar-refractivity contribution >= 4 is 44.8 Å². The van der Waals surface area contributed by atoms with Gasteiger partial charge in [-0.05, 0) is 22.0 Å². The van der Waals surface area contributed by atoms with E-state index in [0.717, 1.165) is 9.35 Å².